The van der Waals surface area contributed by atoms with Gasteiger partial charge in [0.1, 0.15) is 5.82 Å². The van der Waals surface area contributed by atoms with E-state index >= 15 is 0 Å². The van der Waals surface area contributed by atoms with Crippen LogP contribution in [0.5, 0.6) is 0 Å². The van der Waals surface area contributed by atoms with E-state index in [0.29, 0.717) is 16.9 Å². The lowest BCUT2D eigenvalue weighted by Crippen LogP contribution is -2.15. The molecule has 0 aliphatic rings. The summed E-state index contributed by atoms with van der Waals surface area (Å²) in [5.41, 5.74) is 6.96. The first-order valence-electron chi connectivity index (χ1n) is 5.60. The number of halogens is 2. The monoisotopic (exact) mass is 370 g/mol. The summed E-state index contributed by atoms with van der Waals surface area (Å²) in [7, 11) is 0. The van der Waals surface area contributed by atoms with Crippen molar-refractivity contribution >= 4 is 39.9 Å². The van der Waals surface area contributed by atoms with Gasteiger partial charge >= 0.3 is 0 Å². The Morgan fingerprint density at radius 1 is 1.32 bits per heavy atom. The van der Waals surface area contributed by atoms with E-state index in [2.05, 4.69) is 27.9 Å². The van der Waals surface area contributed by atoms with Crippen molar-refractivity contribution in [3.63, 3.8) is 0 Å². The maximum absolute atomic E-state index is 13.9. The minimum absolute atomic E-state index is 0.0443. The first-order chi connectivity index (χ1) is 8.99. The molecule has 0 heterocycles. The molecule has 0 unspecified atom stereocenters. The lowest BCUT2D eigenvalue weighted by Gasteiger charge is -2.10. The lowest BCUT2D eigenvalue weighted by molar-refractivity contribution is 0.102. The summed E-state index contributed by atoms with van der Waals surface area (Å²) in [5, 5.41) is 2.68. The van der Waals surface area contributed by atoms with Gasteiger partial charge in [0, 0.05) is 9.26 Å². The average Bonchev–Trinajstić information content (AvgIpc) is 2.36. The minimum atomic E-state index is -0.544. The number of nitrogens with two attached hydrogens (primary N) is 1. The summed E-state index contributed by atoms with van der Waals surface area (Å²) in [5.74, 6) is -1.05. The second kappa shape index (κ2) is 5.56. The fourth-order valence-electron chi connectivity index (χ4n) is 1.71. The first kappa shape index (κ1) is 13.8. The second-order valence-corrected chi connectivity index (χ2v) is 5.30. The normalized spacial score (nSPS) is 10.3. The van der Waals surface area contributed by atoms with Gasteiger partial charge in [-0.1, -0.05) is 12.1 Å². The maximum atomic E-state index is 13.9. The average molecular weight is 370 g/mol. The van der Waals surface area contributed by atoms with Gasteiger partial charge < -0.3 is 11.1 Å². The number of anilines is 2. The summed E-state index contributed by atoms with van der Waals surface area (Å²) in [6.45, 7) is 1.58. The number of rotatable bonds is 2. The standard InChI is InChI=1S/C14H12FIN2O/c1-8-6-9(17)7-10(13(8)15)14(19)18-12-5-3-2-4-11(12)16/h2-7H,17H2,1H3,(H,18,19). The molecule has 0 spiro atoms. The molecule has 0 aliphatic carbocycles. The van der Waals surface area contributed by atoms with Crippen molar-refractivity contribution in [2.45, 2.75) is 6.92 Å². The molecular formula is C14H12FIN2O. The number of carbonyl (C=O) groups excluding carboxylic acids is 1. The number of para-hydroxylation sites is 1. The van der Waals surface area contributed by atoms with Gasteiger partial charge in [0.25, 0.3) is 5.91 Å². The zero-order valence-electron chi connectivity index (χ0n) is 10.2. The molecule has 0 saturated heterocycles. The van der Waals surface area contributed by atoms with Gasteiger partial charge in [-0.05, 0) is 59.3 Å². The van der Waals surface area contributed by atoms with Gasteiger partial charge in [-0.15, -0.1) is 0 Å². The van der Waals surface area contributed by atoms with E-state index in [1.54, 1.807) is 19.1 Å². The zero-order valence-corrected chi connectivity index (χ0v) is 12.4. The molecule has 0 fully saturated rings. The highest BCUT2D eigenvalue weighted by Gasteiger charge is 2.15. The van der Waals surface area contributed by atoms with Crippen molar-refractivity contribution in [1.82, 2.24) is 0 Å². The Kier molecular flexibility index (Phi) is 4.04. The summed E-state index contributed by atoms with van der Waals surface area (Å²) in [6.07, 6.45) is 0. The van der Waals surface area contributed by atoms with E-state index in [4.69, 9.17) is 5.73 Å². The molecule has 0 atom stereocenters. The van der Waals surface area contributed by atoms with Crippen LogP contribution < -0.4 is 11.1 Å². The Morgan fingerprint density at radius 3 is 2.68 bits per heavy atom. The quantitative estimate of drug-likeness (QED) is 0.627. The van der Waals surface area contributed by atoms with Crippen molar-refractivity contribution in [3.8, 4) is 0 Å². The third kappa shape index (κ3) is 3.04. The van der Waals surface area contributed by atoms with Gasteiger partial charge in [-0.25, -0.2) is 4.39 Å². The highest BCUT2D eigenvalue weighted by atomic mass is 127. The minimum Gasteiger partial charge on any atom is -0.399 e. The van der Waals surface area contributed by atoms with Crippen LogP contribution in [0.15, 0.2) is 36.4 Å². The van der Waals surface area contributed by atoms with Crippen LogP contribution in [0, 0.1) is 16.3 Å². The van der Waals surface area contributed by atoms with E-state index in [1.807, 2.05) is 12.1 Å². The predicted molar refractivity (Wildman–Crippen MR) is 82.7 cm³/mol. The van der Waals surface area contributed by atoms with Crippen molar-refractivity contribution in [2.75, 3.05) is 11.1 Å². The maximum Gasteiger partial charge on any atom is 0.258 e. The summed E-state index contributed by atoms with van der Waals surface area (Å²) < 4.78 is 14.8. The molecule has 2 aromatic rings. The number of aryl methyl sites for hydroxylation is 1. The van der Waals surface area contributed by atoms with Crippen molar-refractivity contribution < 1.29 is 9.18 Å². The Balaban J connectivity index is 2.33. The van der Waals surface area contributed by atoms with Crippen LogP contribution >= 0.6 is 22.6 Å². The van der Waals surface area contributed by atoms with Gasteiger partial charge in [0.05, 0.1) is 11.3 Å². The molecule has 19 heavy (non-hydrogen) atoms. The molecule has 3 nitrogen and oxygen atoms in total. The third-order valence-corrected chi connectivity index (χ3v) is 3.58. The molecular weight excluding hydrogens is 358 g/mol. The molecule has 2 aromatic carbocycles. The number of hydrogen-bond donors (Lipinski definition) is 2. The van der Waals surface area contributed by atoms with Crippen molar-refractivity contribution in [2.24, 2.45) is 0 Å². The Hall–Kier alpha value is -1.63. The van der Waals surface area contributed by atoms with Crippen LogP contribution in [-0.4, -0.2) is 5.91 Å². The largest absolute Gasteiger partial charge is 0.399 e. The summed E-state index contributed by atoms with van der Waals surface area (Å²) in [6, 6.07) is 10.1. The number of nitrogen functional groups attached to an aromatic ring is 1. The summed E-state index contributed by atoms with van der Waals surface area (Å²) >= 11 is 2.10. The van der Waals surface area contributed by atoms with Crippen LogP contribution in [0.2, 0.25) is 0 Å². The molecule has 0 bridgehead atoms. The van der Waals surface area contributed by atoms with Crippen molar-refractivity contribution in [1.29, 1.82) is 0 Å². The van der Waals surface area contributed by atoms with Gasteiger partial charge in [-0.2, -0.15) is 0 Å². The smallest absolute Gasteiger partial charge is 0.258 e. The molecule has 1 amide bonds. The van der Waals surface area contributed by atoms with E-state index in [-0.39, 0.29) is 5.56 Å². The fraction of sp³-hybridized carbons (Fsp3) is 0.0714. The Bertz CT molecular complexity index is 643. The van der Waals surface area contributed by atoms with Gasteiger partial charge in [-0.3, -0.25) is 4.79 Å². The molecule has 3 N–H and O–H groups in total. The SMILES string of the molecule is Cc1cc(N)cc(C(=O)Nc2ccccc2I)c1F. The van der Waals surface area contributed by atoms with Crippen LogP contribution in [0.25, 0.3) is 0 Å². The number of benzene rings is 2. The van der Waals surface area contributed by atoms with Crippen molar-refractivity contribution in [3.05, 3.63) is 56.9 Å². The fourth-order valence-corrected chi connectivity index (χ4v) is 2.24. The van der Waals surface area contributed by atoms with E-state index in [1.165, 1.54) is 12.1 Å². The topological polar surface area (TPSA) is 55.1 Å². The second-order valence-electron chi connectivity index (χ2n) is 4.13. The summed E-state index contributed by atoms with van der Waals surface area (Å²) in [4.78, 5) is 12.1. The Morgan fingerprint density at radius 2 is 2.00 bits per heavy atom. The predicted octanol–water partition coefficient (Wildman–Crippen LogP) is 3.57. The molecule has 0 aromatic heterocycles. The van der Waals surface area contributed by atoms with Gasteiger partial charge in [0.2, 0.25) is 0 Å². The van der Waals surface area contributed by atoms with Crippen LogP contribution in [0.3, 0.4) is 0 Å². The van der Waals surface area contributed by atoms with Gasteiger partial charge in [0.15, 0.2) is 0 Å². The third-order valence-electron chi connectivity index (χ3n) is 2.64. The molecule has 5 heteroatoms. The first-order valence-corrected chi connectivity index (χ1v) is 6.68. The molecule has 2 rings (SSSR count). The van der Waals surface area contributed by atoms with E-state index in [9.17, 15) is 9.18 Å². The number of nitrogens with one attached hydrogen (secondary N) is 1. The lowest BCUT2D eigenvalue weighted by atomic mass is 10.1. The molecule has 98 valence electrons. The number of amides is 1. The van der Waals surface area contributed by atoms with E-state index < -0.39 is 11.7 Å². The molecule has 0 radical (unpaired) electrons. The molecule has 0 saturated carbocycles. The van der Waals surface area contributed by atoms with Crippen LogP contribution in [-0.2, 0) is 0 Å². The van der Waals surface area contributed by atoms with Crippen LogP contribution in [0.1, 0.15) is 15.9 Å². The highest BCUT2D eigenvalue weighted by Crippen LogP contribution is 2.21. The Labute approximate surface area is 124 Å². The van der Waals surface area contributed by atoms with E-state index in [0.717, 1.165) is 3.57 Å². The van der Waals surface area contributed by atoms with Crippen LogP contribution in [0.4, 0.5) is 15.8 Å². The number of carbonyl (C=O) groups is 1. The number of hydrogen-bond acceptors (Lipinski definition) is 2. The molecule has 0 aliphatic heterocycles. The zero-order chi connectivity index (χ0) is 14.0. The highest BCUT2D eigenvalue weighted by molar-refractivity contribution is 14.1.